The number of hydrogen-bond donors (Lipinski definition) is 2. The van der Waals surface area contributed by atoms with Crippen LogP contribution in [0.15, 0.2) is 24.3 Å². The largest absolute Gasteiger partial charge is 0.377 e. The molecule has 0 aliphatic heterocycles. The summed E-state index contributed by atoms with van der Waals surface area (Å²) in [6.45, 7) is 4.64. The van der Waals surface area contributed by atoms with Crippen molar-refractivity contribution >= 4 is 5.91 Å². The Kier molecular flexibility index (Phi) is 6.02. The highest BCUT2D eigenvalue weighted by Gasteiger charge is 2.20. The average Bonchev–Trinajstić information content (AvgIpc) is 3.28. The summed E-state index contributed by atoms with van der Waals surface area (Å²) in [5, 5.41) is 6.32. The van der Waals surface area contributed by atoms with E-state index in [0.29, 0.717) is 32.2 Å². The first kappa shape index (κ1) is 15.0. The number of carbonyl (C=O) groups excluding carboxylic acids is 1. The van der Waals surface area contributed by atoms with Crippen LogP contribution in [0.1, 0.15) is 37.3 Å². The monoisotopic (exact) mass is 276 g/mol. The van der Waals surface area contributed by atoms with Crippen molar-refractivity contribution in [2.75, 3.05) is 13.2 Å². The quantitative estimate of drug-likeness (QED) is 0.725. The van der Waals surface area contributed by atoms with E-state index in [1.54, 1.807) is 0 Å². The van der Waals surface area contributed by atoms with Crippen LogP contribution in [-0.2, 0) is 22.7 Å². The second-order valence-electron chi connectivity index (χ2n) is 5.16. The lowest BCUT2D eigenvalue weighted by atomic mass is 10.1. The molecule has 1 aliphatic rings. The minimum atomic E-state index is 0.101. The van der Waals surface area contributed by atoms with Gasteiger partial charge in [0.15, 0.2) is 0 Å². The fourth-order valence-corrected chi connectivity index (χ4v) is 2.04. The van der Waals surface area contributed by atoms with Gasteiger partial charge in [-0.15, -0.1) is 0 Å². The van der Waals surface area contributed by atoms with Gasteiger partial charge in [-0.1, -0.05) is 24.3 Å². The zero-order chi connectivity index (χ0) is 14.2. The summed E-state index contributed by atoms with van der Waals surface area (Å²) >= 11 is 0. The molecule has 20 heavy (non-hydrogen) atoms. The van der Waals surface area contributed by atoms with Crippen molar-refractivity contribution in [3.8, 4) is 0 Å². The zero-order valence-electron chi connectivity index (χ0n) is 12.2. The number of amides is 1. The summed E-state index contributed by atoms with van der Waals surface area (Å²) < 4.78 is 5.44. The molecule has 4 nitrogen and oxygen atoms in total. The SMILES string of the molecule is CCOCc1ccccc1CNC(=O)CCNC1CC1. The molecule has 2 N–H and O–H groups in total. The van der Waals surface area contributed by atoms with Crippen molar-refractivity contribution in [1.29, 1.82) is 0 Å². The molecule has 1 aromatic rings. The maximum atomic E-state index is 11.8. The lowest BCUT2D eigenvalue weighted by Gasteiger charge is -2.11. The Bertz CT molecular complexity index is 430. The van der Waals surface area contributed by atoms with Gasteiger partial charge in [0.1, 0.15) is 0 Å². The van der Waals surface area contributed by atoms with Crippen molar-refractivity contribution in [3.05, 3.63) is 35.4 Å². The van der Waals surface area contributed by atoms with E-state index < -0.39 is 0 Å². The topological polar surface area (TPSA) is 50.4 Å². The smallest absolute Gasteiger partial charge is 0.221 e. The van der Waals surface area contributed by atoms with Gasteiger partial charge in [0.2, 0.25) is 5.91 Å². The van der Waals surface area contributed by atoms with E-state index in [0.717, 1.165) is 17.7 Å². The van der Waals surface area contributed by atoms with Crippen molar-refractivity contribution in [3.63, 3.8) is 0 Å². The minimum Gasteiger partial charge on any atom is -0.377 e. The maximum Gasteiger partial charge on any atom is 0.221 e. The standard InChI is InChI=1S/C16H24N2O2/c1-2-20-12-14-6-4-3-5-13(14)11-18-16(19)9-10-17-15-7-8-15/h3-6,15,17H,2,7-12H2,1H3,(H,18,19). The average molecular weight is 276 g/mol. The van der Waals surface area contributed by atoms with E-state index in [2.05, 4.69) is 10.6 Å². The Morgan fingerprint density at radius 3 is 2.75 bits per heavy atom. The van der Waals surface area contributed by atoms with Crippen LogP contribution in [0.4, 0.5) is 0 Å². The first-order valence-electron chi connectivity index (χ1n) is 7.44. The highest BCUT2D eigenvalue weighted by molar-refractivity contribution is 5.76. The molecule has 110 valence electrons. The van der Waals surface area contributed by atoms with Gasteiger partial charge in [0.25, 0.3) is 0 Å². The third-order valence-corrected chi connectivity index (χ3v) is 3.42. The molecule has 1 saturated carbocycles. The molecule has 2 rings (SSSR count). The van der Waals surface area contributed by atoms with E-state index in [-0.39, 0.29) is 5.91 Å². The molecule has 0 unspecified atom stereocenters. The highest BCUT2D eigenvalue weighted by atomic mass is 16.5. The fraction of sp³-hybridized carbons (Fsp3) is 0.562. The Morgan fingerprint density at radius 1 is 1.30 bits per heavy atom. The van der Waals surface area contributed by atoms with Gasteiger partial charge in [-0.2, -0.15) is 0 Å². The molecule has 1 aromatic carbocycles. The van der Waals surface area contributed by atoms with Crippen molar-refractivity contribution in [1.82, 2.24) is 10.6 Å². The van der Waals surface area contributed by atoms with Gasteiger partial charge in [-0.3, -0.25) is 4.79 Å². The summed E-state index contributed by atoms with van der Waals surface area (Å²) in [4.78, 5) is 11.8. The number of hydrogen-bond acceptors (Lipinski definition) is 3. The van der Waals surface area contributed by atoms with E-state index in [9.17, 15) is 4.79 Å². The molecule has 0 bridgehead atoms. The van der Waals surface area contributed by atoms with E-state index in [1.807, 2.05) is 31.2 Å². The molecule has 4 heteroatoms. The predicted molar refractivity (Wildman–Crippen MR) is 79.3 cm³/mol. The van der Waals surface area contributed by atoms with Crippen LogP contribution in [0.2, 0.25) is 0 Å². The molecule has 0 spiro atoms. The molecule has 1 fully saturated rings. The molecule has 1 aliphatic carbocycles. The van der Waals surface area contributed by atoms with Crippen LogP contribution >= 0.6 is 0 Å². The third kappa shape index (κ3) is 5.31. The summed E-state index contributed by atoms with van der Waals surface area (Å²) in [7, 11) is 0. The van der Waals surface area contributed by atoms with E-state index >= 15 is 0 Å². The fourth-order valence-electron chi connectivity index (χ4n) is 2.04. The van der Waals surface area contributed by atoms with Crippen LogP contribution in [0.25, 0.3) is 0 Å². The van der Waals surface area contributed by atoms with Crippen molar-refractivity contribution in [2.24, 2.45) is 0 Å². The van der Waals surface area contributed by atoms with Gasteiger partial charge < -0.3 is 15.4 Å². The molecule has 0 heterocycles. The van der Waals surface area contributed by atoms with Crippen molar-refractivity contribution < 1.29 is 9.53 Å². The second-order valence-corrected chi connectivity index (χ2v) is 5.16. The van der Waals surface area contributed by atoms with Crippen LogP contribution < -0.4 is 10.6 Å². The number of ether oxygens (including phenoxy) is 1. The van der Waals surface area contributed by atoms with Crippen LogP contribution in [0, 0.1) is 0 Å². The molecular weight excluding hydrogens is 252 g/mol. The summed E-state index contributed by atoms with van der Waals surface area (Å²) in [5.74, 6) is 0.101. The Balaban J connectivity index is 1.72. The summed E-state index contributed by atoms with van der Waals surface area (Å²) in [6.07, 6.45) is 3.06. The summed E-state index contributed by atoms with van der Waals surface area (Å²) in [5.41, 5.74) is 2.27. The number of carbonyl (C=O) groups is 1. The minimum absolute atomic E-state index is 0.101. The second kappa shape index (κ2) is 8.02. The van der Waals surface area contributed by atoms with Gasteiger partial charge in [0.05, 0.1) is 6.61 Å². The zero-order valence-corrected chi connectivity index (χ0v) is 12.2. The predicted octanol–water partition coefficient (Wildman–Crippen LogP) is 1.98. The normalized spacial score (nSPS) is 14.2. The van der Waals surface area contributed by atoms with Gasteiger partial charge in [-0.05, 0) is 30.9 Å². The van der Waals surface area contributed by atoms with Crippen molar-refractivity contribution in [2.45, 2.75) is 45.4 Å². The third-order valence-electron chi connectivity index (χ3n) is 3.42. The Labute approximate surface area is 120 Å². The summed E-state index contributed by atoms with van der Waals surface area (Å²) in [6, 6.07) is 8.74. The van der Waals surface area contributed by atoms with Crippen LogP contribution in [-0.4, -0.2) is 25.1 Å². The maximum absolute atomic E-state index is 11.8. The lowest BCUT2D eigenvalue weighted by molar-refractivity contribution is -0.121. The van der Waals surface area contributed by atoms with Crippen LogP contribution in [0.5, 0.6) is 0 Å². The highest BCUT2D eigenvalue weighted by Crippen LogP contribution is 2.18. The lowest BCUT2D eigenvalue weighted by Crippen LogP contribution is -2.28. The van der Waals surface area contributed by atoms with Gasteiger partial charge in [0, 0.05) is 32.2 Å². The number of benzene rings is 1. The molecule has 0 atom stereocenters. The Morgan fingerprint density at radius 2 is 2.05 bits per heavy atom. The van der Waals surface area contributed by atoms with Gasteiger partial charge in [-0.25, -0.2) is 0 Å². The van der Waals surface area contributed by atoms with E-state index in [1.165, 1.54) is 12.8 Å². The first-order valence-corrected chi connectivity index (χ1v) is 7.44. The molecular formula is C16H24N2O2. The number of nitrogens with one attached hydrogen (secondary N) is 2. The molecule has 1 amide bonds. The van der Waals surface area contributed by atoms with Gasteiger partial charge >= 0.3 is 0 Å². The van der Waals surface area contributed by atoms with Crippen LogP contribution in [0.3, 0.4) is 0 Å². The molecule has 0 saturated heterocycles. The Hall–Kier alpha value is -1.39. The molecule has 0 radical (unpaired) electrons. The number of rotatable bonds is 9. The molecule has 0 aromatic heterocycles. The first-order chi connectivity index (χ1) is 9.79. The van der Waals surface area contributed by atoms with E-state index in [4.69, 9.17) is 4.74 Å².